The number of aromatic hydroxyl groups is 2. The van der Waals surface area contributed by atoms with Crippen LogP contribution in [-0.2, 0) is 16.0 Å². The summed E-state index contributed by atoms with van der Waals surface area (Å²) >= 11 is 0. The number of carbonyl (C=O) groups is 2. The van der Waals surface area contributed by atoms with Crippen LogP contribution in [0.25, 0.3) is 0 Å². The number of carboxylic acid groups (broad SMARTS) is 1. The maximum absolute atomic E-state index is 11.4. The first-order valence-electron chi connectivity index (χ1n) is 5.51. The van der Waals surface area contributed by atoms with E-state index in [2.05, 4.69) is 11.9 Å². The number of phenols is 2. The van der Waals surface area contributed by atoms with Gasteiger partial charge in [0.05, 0.1) is 0 Å². The van der Waals surface area contributed by atoms with Crippen molar-refractivity contribution in [2.45, 2.75) is 19.4 Å². The van der Waals surface area contributed by atoms with E-state index in [0.29, 0.717) is 5.56 Å². The minimum Gasteiger partial charge on any atom is -0.504 e. The van der Waals surface area contributed by atoms with Gasteiger partial charge in [0, 0.05) is 12.0 Å². The highest BCUT2D eigenvalue weighted by atomic mass is 16.4. The average molecular weight is 265 g/mol. The van der Waals surface area contributed by atoms with Crippen molar-refractivity contribution in [3.05, 3.63) is 35.9 Å². The maximum Gasteiger partial charge on any atom is 0.326 e. The van der Waals surface area contributed by atoms with E-state index in [-0.39, 0.29) is 23.5 Å². The Morgan fingerprint density at radius 1 is 1.32 bits per heavy atom. The zero-order chi connectivity index (χ0) is 14.6. The van der Waals surface area contributed by atoms with Crippen LogP contribution in [0.2, 0.25) is 0 Å². The van der Waals surface area contributed by atoms with Gasteiger partial charge in [-0.2, -0.15) is 0 Å². The summed E-state index contributed by atoms with van der Waals surface area (Å²) in [7, 11) is 0. The van der Waals surface area contributed by atoms with E-state index in [1.165, 1.54) is 25.1 Å². The maximum atomic E-state index is 11.4. The highest BCUT2D eigenvalue weighted by molar-refractivity contribution is 5.94. The normalized spacial score (nSPS) is 11.6. The van der Waals surface area contributed by atoms with Gasteiger partial charge in [-0.05, 0) is 24.6 Å². The van der Waals surface area contributed by atoms with E-state index in [0.717, 1.165) is 0 Å². The van der Waals surface area contributed by atoms with Gasteiger partial charge < -0.3 is 20.6 Å². The molecule has 1 atom stereocenters. The molecule has 1 aromatic carbocycles. The Labute approximate surface area is 110 Å². The number of carboxylic acids is 1. The van der Waals surface area contributed by atoms with Crippen LogP contribution in [0.1, 0.15) is 12.5 Å². The molecule has 0 fully saturated rings. The SMILES string of the molecule is C=C(C)C(=O)N[C@@H](Cc1ccc(O)c(O)c1)C(=O)O. The molecule has 1 amide bonds. The molecule has 102 valence electrons. The fraction of sp³-hybridized carbons (Fsp3) is 0.231. The van der Waals surface area contributed by atoms with Crippen molar-refractivity contribution in [2.75, 3.05) is 0 Å². The number of rotatable bonds is 5. The van der Waals surface area contributed by atoms with Gasteiger partial charge in [0.2, 0.25) is 5.91 Å². The molecule has 6 nitrogen and oxygen atoms in total. The van der Waals surface area contributed by atoms with Crippen molar-refractivity contribution in [1.29, 1.82) is 0 Å². The van der Waals surface area contributed by atoms with Crippen molar-refractivity contribution in [1.82, 2.24) is 5.32 Å². The molecule has 0 radical (unpaired) electrons. The molecule has 0 unspecified atom stereocenters. The lowest BCUT2D eigenvalue weighted by Crippen LogP contribution is -2.42. The lowest BCUT2D eigenvalue weighted by molar-refractivity contribution is -0.141. The molecule has 0 bridgehead atoms. The Balaban J connectivity index is 2.84. The molecule has 0 saturated heterocycles. The molecule has 0 spiro atoms. The number of amides is 1. The van der Waals surface area contributed by atoms with Crippen LogP contribution in [0.15, 0.2) is 30.4 Å². The summed E-state index contributed by atoms with van der Waals surface area (Å²) in [5, 5.41) is 29.8. The third-order valence-corrected chi connectivity index (χ3v) is 2.47. The van der Waals surface area contributed by atoms with E-state index in [9.17, 15) is 14.7 Å². The van der Waals surface area contributed by atoms with Crippen LogP contribution < -0.4 is 5.32 Å². The Hall–Kier alpha value is -2.50. The first-order chi connectivity index (χ1) is 8.81. The second-order valence-corrected chi connectivity index (χ2v) is 4.17. The summed E-state index contributed by atoms with van der Waals surface area (Å²) in [5.41, 5.74) is 0.685. The minimum atomic E-state index is -1.19. The molecular weight excluding hydrogens is 250 g/mol. The van der Waals surface area contributed by atoms with Crippen molar-refractivity contribution < 1.29 is 24.9 Å². The smallest absolute Gasteiger partial charge is 0.326 e. The summed E-state index contributed by atoms with van der Waals surface area (Å²) in [6.07, 6.45) is -0.0117. The largest absolute Gasteiger partial charge is 0.504 e. The van der Waals surface area contributed by atoms with Crippen LogP contribution in [-0.4, -0.2) is 33.2 Å². The molecule has 6 heteroatoms. The lowest BCUT2D eigenvalue weighted by Gasteiger charge is -2.14. The van der Waals surface area contributed by atoms with E-state index >= 15 is 0 Å². The zero-order valence-corrected chi connectivity index (χ0v) is 10.4. The van der Waals surface area contributed by atoms with Gasteiger partial charge in [-0.1, -0.05) is 12.6 Å². The predicted molar refractivity (Wildman–Crippen MR) is 67.9 cm³/mol. The van der Waals surface area contributed by atoms with E-state index in [4.69, 9.17) is 10.2 Å². The highest BCUT2D eigenvalue weighted by Gasteiger charge is 2.21. The van der Waals surface area contributed by atoms with Crippen molar-refractivity contribution in [2.24, 2.45) is 0 Å². The molecule has 0 aliphatic heterocycles. The van der Waals surface area contributed by atoms with Crippen LogP contribution in [0.3, 0.4) is 0 Å². The Bertz CT molecular complexity index is 524. The van der Waals surface area contributed by atoms with Crippen LogP contribution >= 0.6 is 0 Å². The van der Waals surface area contributed by atoms with Gasteiger partial charge in [0.25, 0.3) is 0 Å². The molecule has 0 heterocycles. The number of phenolic OH excluding ortho intramolecular Hbond substituents is 2. The van der Waals surface area contributed by atoms with E-state index < -0.39 is 17.9 Å². The van der Waals surface area contributed by atoms with Gasteiger partial charge in [-0.25, -0.2) is 4.79 Å². The number of hydrogen-bond acceptors (Lipinski definition) is 4. The third-order valence-electron chi connectivity index (χ3n) is 2.47. The van der Waals surface area contributed by atoms with Crippen molar-refractivity contribution in [3.63, 3.8) is 0 Å². The molecule has 0 aromatic heterocycles. The summed E-state index contributed by atoms with van der Waals surface area (Å²) in [6.45, 7) is 4.90. The molecule has 1 rings (SSSR count). The molecule has 0 saturated carbocycles. The van der Waals surface area contributed by atoms with Crippen LogP contribution in [0, 0.1) is 0 Å². The number of hydrogen-bond donors (Lipinski definition) is 4. The first-order valence-corrected chi connectivity index (χ1v) is 5.51. The second-order valence-electron chi connectivity index (χ2n) is 4.17. The number of carbonyl (C=O) groups excluding carboxylic acids is 1. The van der Waals surface area contributed by atoms with Gasteiger partial charge in [-0.15, -0.1) is 0 Å². The number of benzene rings is 1. The number of nitrogens with one attached hydrogen (secondary N) is 1. The van der Waals surface area contributed by atoms with Gasteiger partial charge in [0.1, 0.15) is 6.04 Å². The van der Waals surface area contributed by atoms with E-state index in [1.54, 1.807) is 0 Å². The first kappa shape index (κ1) is 14.6. The molecule has 4 N–H and O–H groups in total. The fourth-order valence-electron chi connectivity index (χ4n) is 1.41. The fourth-order valence-corrected chi connectivity index (χ4v) is 1.41. The molecule has 0 aliphatic rings. The summed E-state index contributed by atoms with van der Waals surface area (Å²) < 4.78 is 0. The summed E-state index contributed by atoms with van der Waals surface area (Å²) in [5.74, 6) is -2.37. The monoisotopic (exact) mass is 265 g/mol. The third kappa shape index (κ3) is 4.02. The molecule has 0 aliphatic carbocycles. The minimum absolute atomic E-state index is 0.0117. The van der Waals surface area contributed by atoms with Crippen molar-refractivity contribution >= 4 is 11.9 Å². The predicted octanol–water partition coefficient (Wildman–Crippen LogP) is 0.786. The molecule has 1 aromatic rings. The topological polar surface area (TPSA) is 107 Å². The zero-order valence-electron chi connectivity index (χ0n) is 10.4. The van der Waals surface area contributed by atoms with Crippen LogP contribution in [0.4, 0.5) is 0 Å². The van der Waals surface area contributed by atoms with Gasteiger partial charge >= 0.3 is 5.97 Å². The van der Waals surface area contributed by atoms with Crippen LogP contribution in [0.5, 0.6) is 11.5 Å². The van der Waals surface area contributed by atoms with Gasteiger partial charge in [-0.3, -0.25) is 4.79 Å². The quantitative estimate of drug-likeness (QED) is 0.465. The lowest BCUT2D eigenvalue weighted by atomic mass is 10.0. The standard InChI is InChI=1S/C13H15NO5/c1-7(2)12(17)14-9(13(18)19)5-8-3-4-10(15)11(16)6-8/h3-4,6,9,15-16H,1,5H2,2H3,(H,14,17)(H,18,19)/t9-/m0/s1. The molecular formula is C13H15NO5. The molecule has 19 heavy (non-hydrogen) atoms. The summed E-state index contributed by atoms with van der Waals surface area (Å²) in [4.78, 5) is 22.5. The Morgan fingerprint density at radius 2 is 1.95 bits per heavy atom. The Morgan fingerprint density at radius 3 is 2.42 bits per heavy atom. The average Bonchev–Trinajstić information content (AvgIpc) is 2.32. The van der Waals surface area contributed by atoms with Gasteiger partial charge in [0.15, 0.2) is 11.5 Å². The highest BCUT2D eigenvalue weighted by Crippen LogP contribution is 2.25. The Kier molecular flexibility index (Phi) is 4.52. The summed E-state index contributed by atoms with van der Waals surface area (Å²) in [6, 6.07) is 2.84. The van der Waals surface area contributed by atoms with Crippen molar-refractivity contribution in [3.8, 4) is 11.5 Å². The second kappa shape index (κ2) is 5.90. The van der Waals surface area contributed by atoms with E-state index in [1.807, 2.05) is 0 Å². The number of aliphatic carboxylic acids is 1.